The van der Waals surface area contributed by atoms with E-state index in [1.54, 1.807) is 0 Å². The summed E-state index contributed by atoms with van der Waals surface area (Å²) in [5.74, 6) is 0.846. The van der Waals surface area contributed by atoms with E-state index in [1.807, 2.05) is 11.7 Å². The Hall–Kier alpha value is -1.95. The van der Waals surface area contributed by atoms with E-state index in [-0.39, 0.29) is 5.41 Å². The molecule has 3 heterocycles. The quantitative estimate of drug-likeness (QED) is 0.839. The Labute approximate surface area is 150 Å². The average Bonchev–Trinajstić information content (AvgIpc) is 2.79. The highest BCUT2D eigenvalue weighted by atomic mass is 15.3. The second kappa shape index (κ2) is 6.41. The molecule has 0 unspecified atom stereocenters. The molecule has 0 aromatic carbocycles. The predicted molar refractivity (Wildman–Crippen MR) is 102 cm³/mol. The fourth-order valence-electron chi connectivity index (χ4n) is 3.24. The van der Waals surface area contributed by atoms with Gasteiger partial charge in [-0.05, 0) is 27.0 Å². The van der Waals surface area contributed by atoms with Gasteiger partial charge in [0.15, 0.2) is 0 Å². The van der Waals surface area contributed by atoms with E-state index in [2.05, 4.69) is 62.6 Å². The SMILES string of the molecule is Cc1nn(C)c(C)c1-c1cc(C(C)(C)C)nc(N2CCN(C)CC2)n1. The molecule has 0 aliphatic carbocycles. The first kappa shape index (κ1) is 17.9. The lowest BCUT2D eigenvalue weighted by atomic mass is 9.91. The second-order valence-corrected chi connectivity index (χ2v) is 8.15. The van der Waals surface area contributed by atoms with Crippen molar-refractivity contribution in [2.45, 2.75) is 40.0 Å². The monoisotopic (exact) mass is 342 g/mol. The molecule has 6 nitrogen and oxygen atoms in total. The highest BCUT2D eigenvalue weighted by Crippen LogP contribution is 2.31. The largest absolute Gasteiger partial charge is 0.338 e. The van der Waals surface area contributed by atoms with Crippen molar-refractivity contribution >= 4 is 5.95 Å². The summed E-state index contributed by atoms with van der Waals surface area (Å²) in [5, 5.41) is 4.57. The number of nitrogens with zero attached hydrogens (tertiary/aromatic N) is 6. The van der Waals surface area contributed by atoms with Crippen LogP contribution < -0.4 is 4.90 Å². The zero-order chi connectivity index (χ0) is 18.4. The van der Waals surface area contributed by atoms with Crippen molar-refractivity contribution in [1.82, 2.24) is 24.6 Å². The van der Waals surface area contributed by atoms with Crippen molar-refractivity contribution < 1.29 is 0 Å². The molecular formula is C19H30N6. The number of hydrogen-bond acceptors (Lipinski definition) is 5. The fraction of sp³-hybridized carbons (Fsp3) is 0.632. The minimum absolute atomic E-state index is 0.0248. The summed E-state index contributed by atoms with van der Waals surface area (Å²) in [6, 6.07) is 2.14. The zero-order valence-corrected chi connectivity index (χ0v) is 16.6. The number of rotatable bonds is 2. The van der Waals surface area contributed by atoms with Crippen LogP contribution in [-0.2, 0) is 12.5 Å². The van der Waals surface area contributed by atoms with Gasteiger partial charge in [0.1, 0.15) is 0 Å². The van der Waals surface area contributed by atoms with Gasteiger partial charge in [-0.2, -0.15) is 5.10 Å². The third kappa shape index (κ3) is 3.54. The smallest absolute Gasteiger partial charge is 0.226 e. The van der Waals surface area contributed by atoms with Gasteiger partial charge in [0.05, 0.1) is 17.1 Å². The van der Waals surface area contributed by atoms with E-state index in [1.165, 1.54) is 0 Å². The third-order valence-electron chi connectivity index (χ3n) is 5.03. The van der Waals surface area contributed by atoms with E-state index in [0.29, 0.717) is 0 Å². The summed E-state index contributed by atoms with van der Waals surface area (Å²) in [5.41, 5.74) is 5.32. The summed E-state index contributed by atoms with van der Waals surface area (Å²) in [4.78, 5) is 14.5. The highest BCUT2D eigenvalue weighted by molar-refractivity contribution is 5.66. The van der Waals surface area contributed by atoms with Crippen LogP contribution >= 0.6 is 0 Å². The minimum atomic E-state index is -0.0248. The molecule has 0 atom stereocenters. The molecule has 6 heteroatoms. The molecule has 2 aromatic rings. The zero-order valence-electron chi connectivity index (χ0n) is 16.6. The fourth-order valence-corrected chi connectivity index (χ4v) is 3.24. The molecule has 0 saturated carbocycles. The van der Waals surface area contributed by atoms with Crippen LogP contribution in [0.25, 0.3) is 11.3 Å². The maximum atomic E-state index is 4.94. The molecule has 1 saturated heterocycles. The third-order valence-corrected chi connectivity index (χ3v) is 5.03. The first-order chi connectivity index (χ1) is 11.7. The molecule has 0 bridgehead atoms. The van der Waals surface area contributed by atoms with Crippen LogP contribution in [0.1, 0.15) is 37.9 Å². The lowest BCUT2D eigenvalue weighted by Crippen LogP contribution is -2.45. The Kier molecular flexibility index (Phi) is 4.58. The van der Waals surface area contributed by atoms with Crippen LogP contribution in [0.3, 0.4) is 0 Å². The van der Waals surface area contributed by atoms with Gasteiger partial charge >= 0.3 is 0 Å². The molecule has 1 fully saturated rings. The summed E-state index contributed by atoms with van der Waals surface area (Å²) < 4.78 is 1.93. The van der Waals surface area contributed by atoms with Crippen LogP contribution in [0, 0.1) is 13.8 Å². The predicted octanol–water partition coefficient (Wildman–Crippen LogP) is 2.54. The van der Waals surface area contributed by atoms with Gasteiger partial charge in [-0.25, -0.2) is 9.97 Å². The lowest BCUT2D eigenvalue weighted by Gasteiger charge is -2.33. The average molecular weight is 342 g/mol. The number of anilines is 1. The molecule has 0 amide bonds. The van der Waals surface area contributed by atoms with Crippen LogP contribution in [-0.4, -0.2) is 57.9 Å². The minimum Gasteiger partial charge on any atom is -0.338 e. The Morgan fingerprint density at radius 2 is 1.60 bits per heavy atom. The summed E-state index contributed by atoms with van der Waals surface area (Å²) in [6.07, 6.45) is 0. The Morgan fingerprint density at radius 1 is 0.960 bits per heavy atom. The van der Waals surface area contributed by atoms with Crippen molar-refractivity contribution in [3.63, 3.8) is 0 Å². The van der Waals surface area contributed by atoms with Gasteiger partial charge in [0.2, 0.25) is 5.95 Å². The Balaban J connectivity index is 2.11. The maximum Gasteiger partial charge on any atom is 0.226 e. The van der Waals surface area contributed by atoms with Gasteiger partial charge in [-0.15, -0.1) is 0 Å². The molecule has 0 radical (unpaired) electrons. The Morgan fingerprint density at radius 3 is 2.12 bits per heavy atom. The van der Waals surface area contributed by atoms with Crippen LogP contribution in [0.15, 0.2) is 6.07 Å². The molecule has 25 heavy (non-hydrogen) atoms. The topological polar surface area (TPSA) is 50.1 Å². The molecular weight excluding hydrogens is 312 g/mol. The molecule has 1 aliphatic rings. The van der Waals surface area contributed by atoms with Gasteiger partial charge in [-0.1, -0.05) is 20.8 Å². The molecule has 0 N–H and O–H groups in total. The van der Waals surface area contributed by atoms with Gasteiger partial charge < -0.3 is 9.80 Å². The summed E-state index contributed by atoms with van der Waals surface area (Å²) in [7, 11) is 4.15. The lowest BCUT2D eigenvalue weighted by molar-refractivity contribution is 0.311. The first-order valence-electron chi connectivity index (χ1n) is 9.00. The first-order valence-corrected chi connectivity index (χ1v) is 9.00. The van der Waals surface area contributed by atoms with Gasteiger partial charge in [0.25, 0.3) is 0 Å². The van der Waals surface area contributed by atoms with E-state index in [9.17, 15) is 0 Å². The number of piperazine rings is 1. The van der Waals surface area contributed by atoms with Crippen molar-refractivity contribution in [3.8, 4) is 11.3 Å². The van der Waals surface area contributed by atoms with Crippen molar-refractivity contribution in [2.24, 2.45) is 7.05 Å². The number of likely N-dealkylation sites (N-methyl/N-ethyl adjacent to an activating group) is 1. The van der Waals surface area contributed by atoms with Gasteiger partial charge in [-0.3, -0.25) is 4.68 Å². The van der Waals surface area contributed by atoms with Crippen LogP contribution in [0.5, 0.6) is 0 Å². The number of hydrogen-bond donors (Lipinski definition) is 0. The summed E-state index contributed by atoms with van der Waals surface area (Å²) >= 11 is 0. The molecule has 0 spiro atoms. The van der Waals surface area contributed by atoms with Crippen molar-refractivity contribution in [1.29, 1.82) is 0 Å². The highest BCUT2D eigenvalue weighted by Gasteiger charge is 2.24. The van der Waals surface area contributed by atoms with E-state index in [0.717, 1.165) is 60.5 Å². The Bertz CT molecular complexity index is 763. The van der Waals surface area contributed by atoms with Crippen LogP contribution in [0.4, 0.5) is 5.95 Å². The number of aryl methyl sites for hydroxylation is 2. The van der Waals surface area contributed by atoms with E-state index >= 15 is 0 Å². The molecule has 136 valence electrons. The summed E-state index contributed by atoms with van der Waals surface area (Å²) in [6.45, 7) is 14.8. The normalized spacial score (nSPS) is 16.5. The molecule has 3 rings (SSSR count). The van der Waals surface area contributed by atoms with Crippen LogP contribution in [0.2, 0.25) is 0 Å². The number of aromatic nitrogens is 4. The van der Waals surface area contributed by atoms with Crippen molar-refractivity contribution in [2.75, 3.05) is 38.1 Å². The van der Waals surface area contributed by atoms with Gasteiger partial charge in [0, 0.05) is 49.9 Å². The standard InChI is InChI=1S/C19H30N6/c1-13-17(14(2)24(7)22-13)15-12-16(19(3,4)5)21-18(20-15)25-10-8-23(6)9-11-25/h12H,8-11H2,1-7H3. The maximum absolute atomic E-state index is 4.94. The van der Waals surface area contributed by atoms with E-state index < -0.39 is 0 Å². The van der Waals surface area contributed by atoms with E-state index in [4.69, 9.17) is 9.97 Å². The molecule has 2 aromatic heterocycles. The van der Waals surface area contributed by atoms with Crippen molar-refractivity contribution in [3.05, 3.63) is 23.1 Å². The second-order valence-electron chi connectivity index (χ2n) is 8.15. The molecule has 1 aliphatic heterocycles.